The van der Waals surface area contributed by atoms with Crippen LogP contribution >= 0.6 is 11.3 Å². The maximum absolute atomic E-state index is 12.9. The predicted molar refractivity (Wildman–Crippen MR) is 105 cm³/mol. The number of thiazole rings is 1. The van der Waals surface area contributed by atoms with E-state index in [2.05, 4.69) is 9.97 Å². The number of para-hydroxylation sites is 1. The predicted octanol–water partition coefficient (Wildman–Crippen LogP) is 3.71. The number of H-pyrrole nitrogens is 1. The van der Waals surface area contributed by atoms with E-state index in [-0.39, 0.29) is 17.8 Å². The average molecular weight is 383 g/mol. The van der Waals surface area contributed by atoms with Gasteiger partial charge in [-0.05, 0) is 31.9 Å². The third kappa shape index (κ3) is 3.60. The summed E-state index contributed by atoms with van der Waals surface area (Å²) < 4.78 is 5.11. The van der Waals surface area contributed by atoms with Crippen LogP contribution in [0.2, 0.25) is 0 Å². The molecule has 1 fully saturated rings. The molecule has 0 unspecified atom stereocenters. The molecule has 0 spiro atoms. The number of fused-ring (bicyclic) bond motifs is 1. The van der Waals surface area contributed by atoms with Crippen molar-refractivity contribution in [3.8, 4) is 10.7 Å². The van der Waals surface area contributed by atoms with Crippen LogP contribution < -0.4 is 0 Å². The van der Waals surface area contributed by atoms with Crippen LogP contribution in [0.5, 0.6) is 0 Å². The number of hydrogen-bond acceptors (Lipinski definition) is 5. The number of carbonyl (C=O) groups is 2. The summed E-state index contributed by atoms with van der Waals surface area (Å²) in [6, 6.07) is 10.1. The van der Waals surface area contributed by atoms with Crippen LogP contribution in [0.1, 0.15) is 30.3 Å². The molecule has 27 heavy (non-hydrogen) atoms. The number of carbonyl (C=O) groups excluding carboxylic acids is 2. The van der Waals surface area contributed by atoms with Crippen LogP contribution in [0.3, 0.4) is 0 Å². The van der Waals surface area contributed by atoms with Gasteiger partial charge in [-0.3, -0.25) is 9.59 Å². The minimum Gasteiger partial charge on any atom is -0.466 e. The Morgan fingerprint density at radius 1 is 1.37 bits per heavy atom. The topological polar surface area (TPSA) is 75.3 Å². The first-order valence-corrected chi connectivity index (χ1v) is 10.0. The number of rotatable bonds is 4. The van der Waals surface area contributed by atoms with E-state index in [0.29, 0.717) is 25.4 Å². The summed E-state index contributed by atoms with van der Waals surface area (Å²) in [7, 11) is 0. The normalized spacial score (nSPS) is 17.2. The molecule has 3 heterocycles. The third-order valence-electron chi connectivity index (χ3n) is 4.81. The Hall–Kier alpha value is -2.67. The number of amides is 1. The number of ether oxygens (including phenoxy) is 1. The maximum Gasteiger partial charge on any atom is 0.310 e. The molecule has 1 aromatic carbocycles. The molecule has 1 aliphatic heterocycles. The highest BCUT2D eigenvalue weighted by Gasteiger charge is 2.30. The lowest BCUT2D eigenvalue weighted by Gasteiger charge is -2.31. The number of likely N-dealkylation sites (tertiary alicyclic amines) is 1. The first kappa shape index (κ1) is 17.7. The zero-order valence-electron chi connectivity index (χ0n) is 15.1. The SMILES string of the molecule is CCOC(=O)[C@@H]1CCCN(C(=O)c2csc(-c3cc4ccccc4[nH]3)n2)C1. The molecular weight excluding hydrogens is 362 g/mol. The summed E-state index contributed by atoms with van der Waals surface area (Å²) in [4.78, 5) is 34.4. The van der Waals surface area contributed by atoms with Gasteiger partial charge in [-0.15, -0.1) is 11.3 Å². The lowest BCUT2D eigenvalue weighted by Crippen LogP contribution is -2.42. The van der Waals surface area contributed by atoms with Crippen molar-refractivity contribution in [3.63, 3.8) is 0 Å². The number of piperidine rings is 1. The van der Waals surface area contributed by atoms with E-state index in [1.54, 1.807) is 17.2 Å². The number of aromatic nitrogens is 2. The molecule has 3 aromatic rings. The average Bonchev–Trinajstić information content (AvgIpc) is 3.34. The standard InChI is InChI=1S/C20H21N3O3S/c1-2-26-20(25)14-7-5-9-23(11-14)19(24)17-12-27-18(22-17)16-10-13-6-3-4-8-15(13)21-16/h3-4,6,8,10,12,14,21H,2,5,7,9,11H2,1H3/t14-/m1/s1. The van der Waals surface area contributed by atoms with Gasteiger partial charge in [0.25, 0.3) is 5.91 Å². The van der Waals surface area contributed by atoms with Crippen LogP contribution in [-0.4, -0.2) is 46.4 Å². The number of esters is 1. The maximum atomic E-state index is 12.9. The number of nitrogens with one attached hydrogen (secondary N) is 1. The second kappa shape index (κ2) is 7.52. The number of aromatic amines is 1. The summed E-state index contributed by atoms with van der Waals surface area (Å²) in [5.74, 6) is -0.580. The molecule has 0 bridgehead atoms. The Bertz CT molecular complexity index is 945. The zero-order valence-corrected chi connectivity index (χ0v) is 15.9. The van der Waals surface area contributed by atoms with Crippen molar-refractivity contribution in [2.75, 3.05) is 19.7 Å². The van der Waals surface area contributed by atoms with Gasteiger partial charge in [0.1, 0.15) is 10.7 Å². The first-order valence-electron chi connectivity index (χ1n) is 9.15. The van der Waals surface area contributed by atoms with E-state index in [0.717, 1.165) is 34.4 Å². The van der Waals surface area contributed by atoms with Gasteiger partial charge >= 0.3 is 5.97 Å². The molecule has 4 rings (SSSR count). The van der Waals surface area contributed by atoms with Crippen molar-refractivity contribution in [1.29, 1.82) is 0 Å². The fraction of sp³-hybridized carbons (Fsp3) is 0.350. The molecule has 140 valence electrons. The highest BCUT2D eigenvalue weighted by atomic mass is 32.1. The Morgan fingerprint density at radius 2 is 2.22 bits per heavy atom. The molecule has 1 atom stereocenters. The zero-order chi connectivity index (χ0) is 18.8. The monoisotopic (exact) mass is 383 g/mol. The van der Waals surface area contributed by atoms with Gasteiger partial charge in [0, 0.05) is 29.4 Å². The Kier molecular flexibility index (Phi) is 4.94. The van der Waals surface area contributed by atoms with Crippen LogP contribution in [0.25, 0.3) is 21.6 Å². The Labute approximate surface area is 161 Å². The fourth-order valence-corrected chi connectivity index (χ4v) is 4.23. The molecule has 0 radical (unpaired) electrons. The van der Waals surface area contributed by atoms with Gasteiger partial charge in [0.05, 0.1) is 18.2 Å². The minimum atomic E-state index is -0.241. The van der Waals surface area contributed by atoms with Crippen LogP contribution in [0.15, 0.2) is 35.7 Å². The lowest BCUT2D eigenvalue weighted by atomic mass is 9.98. The summed E-state index contributed by atoms with van der Waals surface area (Å²) in [6.45, 7) is 3.21. The van der Waals surface area contributed by atoms with Crippen LogP contribution in [-0.2, 0) is 9.53 Å². The van der Waals surface area contributed by atoms with Gasteiger partial charge in [0.15, 0.2) is 0 Å². The van der Waals surface area contributed by atoms with Gasteiger partial charge in [0.2, 0.25) is 0 Å². The molecular formula is C20H21N3O3S. The van der Waals surface area contributed by atoms with E-state index >= 15 is 0 Å². The summed E-state index contributed by atoms with van der Waals surface area (Å²) in [6.07, 6.45) is 1.56. The van der Waals surface area contributed by atoms with E-state index < -0.39 is 0 Å². The lowest BCUT2D eigenvalue weighted by molar-refractivity contribution is -0.149. The fourth-order valence-electron chi connectivity index (χ4n) is 3.46. The van der Waals surface area contributed by atoms with Crippen molar-refractivity contribution in [2.24, 2.45) is 5.92 Å². The Balaban J connectivity index is 1.50. The van der Waals surface area contributed by atoms with Crippen LogP contribution in [0, 0.1) is 5.92 Å². The van der Waals surface area contributed by atoms with Gasteiger partial charge < -0.3 is 14.6 Å². The van der Waals surface area contributed by atoms with Crippen molar-refractivity contribution in [1.82, 2.24) is 14.9 Å². The first-order chi connectivity index (χ1) is 13.2. The van der Waals surface area contributed by atoms with Crippen LogP contribution in [0.4, 0.5) is 0 Å². The van der Waals surface area contributed by atoms with E-state index in [1.165, 1.54) is 11.3 Å². The van der Waals surface area contributed by atoms with Gasteiger partial charge in [-0.2, -0.15) is 0 Å². The second-order valence-electron chi connectivity index (χ2n) is 6.65. The molecule has 1 aliphatic rings. The van der Waals surface area contributed by atoms with Gasteiger partial charge in [-0.25, -0.2) is 4.98 Å². The van der Waals surface area contributed by atoms with E-state index in [1.807, 2.05) is 30.3 Å². The quantitative estimate of drug-likeness (QED) is 0.697. The van der Waals surface area contributed by atoms with E-state index in [4.69, 9.17) is 4.74 Å². The summed E-state index contributed by atoms with van der Waals surface area (Å²) in [5, 5.41) is 3.69. The highest BCUT2D eigenvalue weighted by Crippen LogP contribution is 2.28. The van der Waals surface area contributed by atoms with Crippen molar-refractivity contribution in [2.45, 2.75) is 19.8 Å². The smallest absolute Gasteiger partial charge is 0.310 e. The van der Waals surface area contributed by atoms with E-state index in [9.17, 15) is 9.59 Å². The number of nitrogens with zero attached hydrogens (tertiary/aromatic N) is 2. The summed E-state index contributed by atoms with van der Waals surface area (Å²) >= 11 is 1.44. The largest absolute Gasteiger partial charge is 0.466 e. The molecule has 1 saturated heterocycles. The molecule has 1 amide bonds. The Morgan fingerprint density at radius 3 is 3.04 bits per heavy atom. The van der Waals surface area contributed by atoms with Crippen molar-refractivity contribution >= 4 is 34.1 Å². The molecule has 2 aromatic heterocycles. The molecule has 1 N–H and O–H groups in total. The second-order valence-corrected chi connectivity index (χ2v) is 7.51. The molecule has 7 heteroatoms. The van der Waals surface area contributed by atoms with Gasteiger partial charge in [-0.1, -0.05) is 18.2 Å². The van der Waals surface area contributed by atoms with Crippen molar-refractivity contribution < 1.29 is 14.3 Å². The minimum absolute atomic E-state index is 0.123. The van der Waals surface area contributed by atoms with Crippen molar-refractivity contribution in [3.05, 3.63) is 41.4 Å². The highest BCUT2D eigenvalue weighted by molar-refractivity contribution is 7.13. The number of hydrogen-bond donors (Lipinski definition) is 1. The molecule has 6 nitrogen and oxygen atoms in total. The number of benzene rings is 1. The molecule has 0 saturated carbocycles. The summed E-state index contributed by atoms with van der Waals surface area (Å²) in [5.41, 5.74) is 2.38. The molecule has 0 aliphatic carbocycles. The third-order valence-corrected chi connectivity index (χ3v) is 5.69.